The highest BCUT2D eigenvalue weighted by Gasteiger charge is 2.08. The summed E-state index contributed by atoms with van der Waals surface area (Å²) >= 11 is 12.1. The lowest BCUT2D eigenvalue weighted by molar-refractivity contribution is 0.180. The van der Waals surface area contributed by atoms with Gasteiger partial charge >= 0.3 is 0 Å². The van der Waals surface area contributed by atoms with Gasteiger partial charge in [0.2, 0.25) is 0 Å². The van der Waals surface area contributed by atoms with Crippen LogP contribution >= 0.6 is 47.2 Å². The summed E-state index contributed by atoms with van der Waals surface area (Å²) in [6.07, 6.45) is 2.66. The lowest BCUT2D eigenvalue weighted by Crippen LogP contribution is -2.39. The minimum absolute atomic E-state index is 0. The predicted molar refractivity (Wildman–Crippen MR) is 114 cm³/mol. The summed E-state index contributed by atoms with van der Waals surface area (Å²) in [4.78, 5) is 8.42. The van der Waals surface area contributed by atoms with Crippen LogP contribution in [0.4, 0.5) is 0 Å². The van der Waals surface area contributed by atoms with E-state index in [1.807, 2.05) is 13.0 Å². The molecule has 1 atom stereocenters. The molecule has 3 N–H and O–H groups in total. The van der Waals surface area contributed by atoms with E-state index in [1.165, 1.54) is 0 Å². The molecule has 0 aliphatic heterocycles. The quantitative estimate of drug-likeness (QED) is 0.324. The van der Waals surface area contributed by atoms with Crippen LogP contribution in [0, 0.1) is 0 Å². The van der Waals surface area contributed by atoms with Crippen molar-refractivity contribution in [2.24, 2.45) is 4.99 Å². The maximum atomic E-state index is 10.2. The summed E-state index contributed by atoms with van der Waals surface area (Å²) in [5, 5.41) is 17.6. The molecule has 0 fully saturated rings. The lowest BCUT2D eigenvalue weighted by Gasteiger charge is -2.15. The summed E-state index contributed by atoms with van der Waals surface area (Å²) in [5.74, 6) is 0.608. The van der Waals surface area contributed by atoms with E-state index >= 15 is 0 Å². The number of aromatic nitrogens is 1. The van der Waals surface area contributed by atoms with Crippen molar-refractivity contribution in [2.45, 2.75) is 19.6 Å². The molecule has 5 nitrogen and oxygen atoms in total. The number of pyridine rings is 1. The molecule has 1 unspecified atom stereocenters. The molecule has 1 aromatic heterocycles. The van der Waals surface area contributed by atoms with Crippen molar-refractivity contribution < 1.29 is 5.11 Å². The Morgan fingerprint density at radius 3 is 2.56 bits per heavy atom. The molecule has 0 bridgehead atoms. The Bertz CT molecular complexity index is 686. The molecule has 136 valence electrons. The zero-order chi connectivity index (χ0) is 17.4. The van der Waals surface area contributed by atoms with Gasteiger partial charge in [0.1, 0.15) is 0 Å². The van der Waals surface area contributed by atoms with Crippen molar-refractivity contribution >= 4 is 53.1 Å². The minimum Gasteiger partial charge on any atom is -0.387 e. The van der Waals surface area contributed by atoms with Crippen molar-refractivity contribution in [2.75, 3.05) is 13.1 Å². The van der Waals surface area contributed by atoms with E-state index in [-0.39, 0.29) is 24.0 Å². The van der Waals surface area contributed by atoms with Crippen LogP contribution in [0.1, 0.15) is 24.2 Å². The number of hydrogen-bond acceptors (Lipinski definition) is 3. The maximum absolute atomic E-state index is 10.2. The zero-order valence-corrected chi connectivity index (χ0v) is 17.6. The van der Waals surface area contributed by atoms with Crippen LogP contribution in [0.2, 0.25) is 10.0 Å². The van der Waals surface area contributed by atoms with Crippen molar-refractivity contribution in [3.05, 3.63) is 63.9 Å². The molecule has 0 radical (unpaired) electrons. The van der Waals surface area contributed by atoms with Crippen LogP contribution in [0.15, 0.2) is 47.7 Å². The Hall–Kier alpha value is -1.09. The third-order valence-electron chi connectivity index (χ3n) is 3.32. The van der Waals surface area contributed by atoms with Gasteiger partial charge in [0.25, 0.3) is 0 Å². The average Bonchev–Trinajstić information content (AvgIpc) is 2.59. The van der Waals surface area contributed by atoms with Gasteiger partial charge < -0.3 is 15.7 Å². The Morgan fingerprint density at radius 2 is 1.92 bits per heavy atom. The second-order valence-electron chi connectivity index (χ2n) is 5.11. The highest BCUT2D eigenvalue weighted by molar-refractivity contribution is 14.0. The number of benzene rings is 1. The van der Waals surface area contributed by atoms with Crippen molar-refractivity contribution in [1.29, 1.82) is 0 Å². The van der Waals surface area contributed by atoms with E-state index in [2.05, 4.69) is 20.6 Å². The van der Waals surface area contributed by atoms with Gasteiger partial charge in [0, 0.05) is 35.5 Å². The van der Waals surface area contributed by atoms with Gasteiger partial charge in [0.15, 0.2) is 5.96 Å². The third-order valence-corrected chi connectivity index (χ3v) is 3.91. The smallest absolute Gasteiger partial charge is 0.191 e. The van der Waals surface area contributed by atoms with E-state index < -0.39 is 6.10 Å². The first kappa shape index (κ1) is 22.0. The van der Waals surface area contributed by atoms with Gasteiger partial charge in [-0.1, -0.05) is 29.3 Å². The van der Waals surface area contributed by atoms with Gasteiger partial charge in [-0.25, -0.2) is 4.99 Å². The number of nitrogens with one attached hydrogen (secondary N) is 2. The maximum Gasteiger partial charge on any atom is 0.191 e. The fourth-order valence-electron chi connectivity index (χ4n) is 2.05. The Kier molecular flexibility index (Phi) is 10.1. The normalized spacial score (nSPS) is 12.2. The Morgan fingerprint density at radius 1 is 1.20 bits per heavy atom. The second kappa shape index (κ2) is 11.5. The third kappa shape index (κ3) is 7.35. The molecule has 0 aliphatic carbocycles. The van der Waals surface area contributed by atoms with Gasteiger partial charge in [-0.05, 0) is 42.3 Å². The molecule has 2 rings (SSSR count). The summed E-state index contributed by atoms with van der Waals surface area (Å²) in [6, 6.07) is 8.89. The first-order chi connectivity index (χ1) is 11.6. The van der Waals surface area contributed by atoms with E-state index in [0.29, 0.717) is 35.6 Å². The Balaban J connectivity index is 0.00000312. The fraction of sp³-hybridized carbons (Fsp3) is 0.294. The summed E-state index contributed by atoms with van der Waals surface area (Å²) < 4.78 is 0. The number of nitrogens with zero attached hydrogens (tertiary/aromatic N) is 2. The largest absolute Gasteiger partial charge is 0.387 e. The fourth-order valence-corrected chi connectivity index (χ4v) is 2.52. The number of aliphatic imine (C=N–C) groups is 1. The first-order valence-corrected chi connectivity index (χ1v) is 8.40. The standard InChI is InChI=1S/C17H20Cl2N4O.HI/c1-2-21-17(22-10-13-3-4-14(18)9-15(13)19)23-11-16(24)12-5-7-20-8-6-12;/h3-9,16,24H,2,10-11H2,1H3,(H2,21,22,23);1H. The van der Waals surface area contributed by atoms with Crippen LogP contribution in [0.3, 0.4) is 0 Å². The SMILES string of the molecule is CCNC(=NCc1ccc(Cl)cc1Cl)NCC(O)c1ccncc1.I. The van der Waals surface area contributed by atoms with Gasteiger partial charge in [-0.3, -0.25) is 4.98 Å². The first-order valence-electron chi connectivity index (χ1n) is 7.64. The van der Waals surface area contributed by atoms with E-state index in [1.54, 1.807) is 36.7 Å². The number of rotatable bonds is 6. The van der Waals surface area contributed by atoms with E-state index in [9.17, 15) is 5.11 Å². The van der Waals surface area contributed by atoms with Gasteiger partial charge in [0.05, 0.1) is 12.6 Å². The van der Waals surface area contributed by atoms with Crippen molar-refractivity contribution in [1.82, 2.24) is 15.6 Å². The van der Waals surface area contributed by atoms with Crippen molar-refractivity contribution in [3.8, 4) is 0 Å². The number of halogens is 3. The van der Waals surface area contributed by atoms with Crippen LogP contribution in [0.5, 0.6) is 0 Å². The molecular formula is C17H21Cl2IN4O. The molecule has 0 aliphatic rings. The summed E-state index contributed by atoms with van der Waals surface area (Å²) in [6.45, 7) is 3.44. The summed E-state index contributed by atoms with van der Waals surface area (Å²) in [7, 11) is 0. The van der Waals surface area contributed by atoms with E-state index in [0.717, 1.165) is 11.1 Å². The molecule has 25 heavy (non-hydrogen) atoms. The molecule has 0 spiro atoms. The molecule has 2 aromatic rings. The number of hydrogen-bond donors (Lipinski definition) is 3. The molecule has 1 heterocycles. The Labute approximate surface area is 174 Å². The minimum atomic E-state index is -0.643. The highest BCUT2D eigenvalue weighted by atomic mass is 127. The predicted octanol–water partition coefficient (Wildman–Crippen LogP) is 3.80. The van der Waals surface area contributed by atoms with Crippen LogP contribution in [-0.4, -0.2) is 29.1 Å². The van der Waals surface area contributed by atoms with Crippen LogP contribution < -0.4 is 10.6 Å². The molecule has 0 amide bonds. The van der Waals surface area contributed by atoms with Crippen LogP contribution in [-0.2, 0) is 6.54 Å². The van der Waals surface area contributed by atoms with E-state index in [4.69, 9.17) is 23.2 Å². The lowest BCUT2D eigenvalue weighted by atomic mass is 10.1. The zero-order valence-electron chi connectivity index (χ0n) is 13.7. The van der Waals surface area contributed by atoms with Gasteiger partial charge in [-0.2, -0.15) is 0 Å². The molecule has 8 heteroatoms. The topological polar surface area (TPSA) is 69.5 Å². The number of guanidine groups is 1. The van der Waals surface area contributed by atoms with Gasteiger partial charge in [-0.15, -0.1) is 24.0 Å². The highest BCUT2D eigenvalue weighted by Crippen LogP contribution is 2.21. The summed E-state index contributed by atoms with van der Waals surface area (Å²) in [5.41, 5.74) is 1.68. The molecule has 1 aromatic carbocycles. The molecule has 0 saturated heterocycles. The molecular weight excluding hydrogens is 474 g/mol. The second-order valence-corrected chi connectivity index (χ2v) is 5.95. The number of aliphatic hydroxyl groups excluding tert-OH is 1. The van der Waals surface area contributed by atoms with Crippen LogP contribution in [0.25, 0.3) is 0 Å². The monoisotopic (exact) mass is 494 g/mol. The molecule has 0 saturated carbocycles. The van der Waals surface area contributed by atoms with Crippen molar-refractivity contribution in [3.63, 3.8) is 0 Å². The number of aliphatic hydroxyl groups is 1. The average molecular weight is 495 g/mol.